The lowest BCUT2D eigenvalue weighted by molar-refractivity contribution is -0.140. The maximum absolute atomic E-state index is 10.8. The van der Waals surface area contributed by atoms with Gasteiger partial charge < -0.3 is 20.1 Å². The second kappa shape index (κ2) is 9.19. The molecule has 0 radical (unpaired) electrons. The summed E-state index contributed by atoms with van der Waals surface area (Å²) in [5.74, 6) is -1.31. The molecule has 0 amide bonds. The Kier molecular flexibility index (Phi) is 7.29. The fraction of sp³-hybridized carbons (Fsp3) is 0.222. The number of aliphatic carboxylic acids is 1. The minimum Gasteiger partial charge on any atom is -0.508 e. The van der Waals surface area contributed by atoms with E-state index in [2.05, 4.69) is 4.74 Å². The molecule has 6 nitrogen and oxygen atoms in total. The van der Waals surface area contributed by atoms with Crippen molar-refractivity contribution in [3.8, 4) is 11.5 Å². The van der Waals surface area contributed by atoms with Crippen LogP contribution in [0.3, 0.4) is 0 Å². The first kappa shape index (κ1) is 19.0. The lowest BCUT2D eigenvalue weighted by Crippen LogP contribution is -2.06. The third-order valence-electron chi connectivity index (χ3n) is 3.28. The van der Waals surface area contributed by atoms with E-state index in [9.17, 15) is 9.59 Å². The number of carboxylic acid groups (broad SMARTS) is 1. The van der Waals surface area contributed by atoms with E-state index in [-0.39, 0.29) is 23.9 Å². The third kappa shape index (κ3) is 6.39. The number of phenolic OH excluding ortho intramolecular Hbond substituents is 2. The predicted molar refractivity (Wildman–Crippen MR) is 88.0 cm³/mol. The molecule has 6 heteroatoms. The summed E-state index contributed by atoms with van der Waals surface area (Å²) < 4.78 is 4.48. The lowest BCUT2D eigenvalue weighted by atomic mass is 10.0. The lowest BCUT2D eigenvalue weighted by Gasteiger charge is -2.05. The molecule has 128 valence electrons. The predicted octanol–water partition coefficient (Wildman–Crippen LogP) is 2.69. The summed E-state index contributed by atoms with van der Waals surface area (Å²) in [6, 6.07) is 12.6. The van der Waals surface area contributed by atoms with Crippen molar-refractivity contribution in [3.05, 3.63) is 59.7 Å². The second-order valence-corrected chi connectivity index (χ2v) is 5.07. The molecule has 0 aliphatic heterocycles. The molecule has 1 unspecified atom stereocenters. The van der Waals surface area contributed by atoms with Gasteiger partial charge in [0.25, 0.3) is 0 Å². The highest BCUT2D eigenvalue weighted by Crippen LogP contribution is 2.18. The number of aromatic hydroxyl groups is 2. The van der Waals surface area contributed by atoms with Crippen molar-refractivity contribution in [2.24, 2.45) is 0 Å². The normalized spacial score (nSPS) is 10.9. The maximum Gasteiger partial charge on any atom is 0.310 e. The van der Waals surface area contributed by atoms with E-state index in [1.807, 2.05) is 0 Å². The Morgan fingerprint density at radius 1 is 0.958 bits per heavy atom. The van der Waals surface area contributed by atoms with Gasteiger partial charge in [-0.1, -0.05) is 24.3 Å². The van der Waals surface area contributed by atoms with Gasteiger partial charge >= 0.3 is 11.9 Å². The molecule has 0 fully saturated rings. The monoisotopic (exact) mass is 332 g/mol. The number of phenols is 2. The van der Waals surface area contributed by atoms with Gasteiger partial charge in [-0.2, -0.15) is 0 Å². The highest BCUT2D eigenvalue weighted by Gasteiger charge is 2.12. The van der Waals surface area contributed by atoms with E-state index in [4.69, 9.17) is 15.3 Å². The summed E-state index contributed by atoms with van der Waals surface area (Å²) in [5.41, 5.74) is 1.53. The van der Waals surface area contributed by atoms with Gasteiger partial charge in [0.15, 0.2) is 0 Å². The average molecular weight is 332 g/mol. The van der Waals surface area contributed by atoms with Gasteiger partial charge in [-0.15, -0.1) is 0 Å². The van der Waals surface area contributed by atoms with E-state index in [1.165, 1.54) is 31.4 Å². The van der Waals surface area contributed by atoms with E-state index in [0.717, 1.165) is 5.56 Å². The van der Waals surface area contributed by atoms with Crippen LogP contribution in [-0.4, -0.2) is 34.4 Å². The van der Waals surface area contributed by atoms with E-state index in [1.54, 1.807) is 31.2 Å². The number of ether oxygens (including phenoxy) is 1. The summed E-state index contributed by atoms with van der Waals surface area (Å²) in [6.07, 6.45) is 0.247. The van der Waals surface area contributed by atoms with Crippen LogP contribution in [0.5, 0.6) is 11.5 Å². The zero-order valence-corrected chi connectivity index (χ0v) is 13.5. The Labute approximate surface area is 140 Å². The Bertz CT molecular complexity index is 659. The Morgan fingerprint density at radius 2 is 1.42 bits per heavy atom. The van der Waals surface area contributed by atoms with Crippen molar-refractivity contribution < 1.29 is 29.6 Å². The standard InChI is InChI=1S/2C9H10O3/c1-12-9(11)6-7-2-4-8(10)5-3-7;1-6(9(11)12)7-2-4-8(10)5-3-7/h2-5,10H,6H2,1H3;2-6,10H,1H3,(H,11,12). The number of carbonyl (C=O) groups excluding carboxylic acids is 1. The number of carbonyl (C=O) groups is 2. The molecule has 1 atom stereocenters. The maximum atomic E-state index is 10.8. The zero-order chi connectivity index (χ0) is 18.1. The first-order valence-electron chi connectivity index (χ1n) is 7.20. The smallest absolute Gasteiger partial charge is 0.310 e. The number of rotatable bonds is 4. The SMILES string of the molecule is CC(C(=O)O)c1ccc(O)cc1.COC(=O)Cc1ccc(O)cc1. The van der Waals surface area contributed by atoms with Crippen LogP contribution < -0.4 is 0 Å². The topological polar surface area (TPSA) is 104 Å². The van der Waals surface area contributed by atoms with Crippen LogP contribution in [-0.2, 0) is 20.7 Å². The molecule has 0 aliphatic carbocycles. The molecule has 0 aliphatic rings. The van der Waals surface area contributed by atoms with Crippen molar-refractivity contribution >= 4 is 11.9 Å². The van der Waals surface area contributed by atoms with Gasteiger partial charge in [-0.3, -0.25) is 9.59 Å². The van der Waals surface area contributed by atoms with E-state index < -0.39 is 11.9 Å². The van der Waals surface area contributed by atoms with Gasteiger partial charge in [0.1, 0.15) is 11.5 Å². The fourth-order valence-electron chi connectivity index (χ4n) is 1.76. The van der Waals surface area contributed by atoms with Gasteiger partial charge in [0.2, 0.25) is 0 Å². The first-order chi connectivity index (χ1) is 11.3. The summed E-state index contributed by atoms with van der Waals surface area (Å²) in [7, 11) is 1.35. The molecular weight excluding hydrogens is 312 g/mol. The van der Waals surface area contributed by atoms with E-state index >= 15 is 0 Å². The van der Waals surface area contributed by atoms with Gasteiger partial charge in [-0.25, -0.2) is 0 Å². The Balaban J connectivity index is 0.000000240. The molecule has 0 saturated carbocycles. The molecule has 2 aromatic carbocycles. The van der Waals surface area contributed by atoms with Crippen LogP contribution in [0.2, 0.25) is 0 Å². The zero-order valence-electron chi connectivity index (χ0n) is 13.5. The molecule has 24 heavy (non-hydrogen) atoms. The van der Waals surface area contributed by atoms with Crippen molar-refractivity contribution in [3.63, 3.8) is 0 Å². The van der Waals surface area contributed by atoms with Crippen LogP contribution in [0, 0.1) is 0 Å². The summed E-state index contributed by atoms with van der Waals surface area (Å²) in [4.78, 5) is 21.3. The number of hydrogen-bond donors (Lipinski definition) is 3. The number of benzene rings is 2. The van der Waals surface area contributed by atoms with Gasteiger partial charge in [-0.05, 0) is 42.3 Å². The van der Waals surface area contributed by atoms with E-state index in [0.29, 0.717) is 5.56 Å². The van der Waals surface area contributed by atoms with Crippen LogP contribution in [0.4, 0.5) is 0 Å². The molecule has 0 saturated heterocycles. The first-order valence-corrected chi connectivity index (χ1v) is 7.20. The minimum atomic E-state index is -0.860. The largest absolute Gasteiger partial charge is 0.508 e. The van der Waals surface area contributed by atoms with Crippen LogP contribution in [0.1, 0.15) is 24.0 Å². The summed E-state index contributed by atoms with van der Waals surface area (Å²) in [5, 5.41) is 26.5. The molecule has 3 N–H and O–H groups in total. The Morgan fingerprint density at radius 3 is 1.83 bits per heavy atom. The molecule has 2 aromatic rings. The Hall–Kier alpha value is -3.02. The summed E-state index contributed by atoms with van der Waals surface area (Å²) >= 11 is 0. The molecular formula is C18H20O6. The minimum absolute atomic E-state index is 0.149. The molecule has 0 bridgehead atoms. The second-order valence-electron chi connectivity index (χ2n) is 5.07. The number of esters is 1. The summed E-state index contributed by atoms with van der Waals surface area (Å²) in [6.45, 7) is 1.61. The average Bonchev–Trinajstić information content (AvgIpc) is 2.57. The highest BCUT2D eigenvalue weighted by atomic mass is 16.5. The number of methoxy groups -OCH3 is 1. The third-order valence-corrected chi connectivity index (χ3v) is 3.28. The van der Waals surface area contributed by atoms with Crippen LogP contribution >= 0.6 is 0 Å². The molecule has 2 rings (SSSR count). The molecule has 0 heterocycles. The van der Waals surface area contributed by atoms with Crippen LogP contribution in [0.25, 0.3) is 0 Å². The van der Waals surface area contributed by atoms with Gasteiger partial charge in [0, 0.05) is 0 Å². The van der Waals surface area contributed by atoms with Crippen LogP contribution in [0.15, 0.2) is 48.5 Å². The quantitative estimate of drug-likeness (QED) is 0.744. The molecule has 0 spiro atoms. The van der Waals surface area contributed by atoms with Crippen molar-refractivity contribution in [1.82, 2.24) is 0 Å². The number of hydrogen-bond acceptors (Lipinski definition) is 5. The van der Waals surface area contributed by atoms with Gasteiger partial charge in [0.05, 0.1) is 19.4 Å². The molecule has 0 aromatic heterocycles. The van der Waals surface area contributed by atoms with Crippen molar-refractivity contribution in [2.45, 2.75) is 19.3 Å². The van der Waals surface area contributed by atoms with Crippen molar-refractivity contribution in [2.75, 3.05) is 7.11 Å². The number of carboxylic acids is 1. The fourth-order valence-corrected chi connectivity index (χ4v) is 1.76. The van der Waals surface area contributed by atoms with Crippen molar-refractivity contribution in [1.29, 1.82) is 0 Å². The highest BCUT2D eigenvalue weighted by molar-refractivity contribution is 5.75.